The number of aryl methyl sites for hydroxylation is 1. The first kappa shape index (κ1) is 7.71. The van der Waals surface area contributed by atoms with Crippen molar-refractivity contribution in [2.24, 2.45) is 10.3 Å². The molecule has 0 amide bonds. The van der Waals surface area contributed by atoms with E-state index in [4.69, 9.17) is 10.4 Å². The van der Waals surface area contributed by atoms with Crippen molar-refractivity contribution in [2.45, 2.75) is 12.8 Å². The highest BCUT2D eigenvalue weighted by Gasteiger charge is 2.27. The average Bonchev–Trinajstić information content (AvgIpc) is 2.63. The van der Waals surface area contributed by atoms with Crippen LogP contribution in [0.25, 0.3) is 0 Å². The number of hydrogen-bond acceptors (Lipinski definition) is 7. The lowest BCUT2D eigenvalue weighted by molar-refractivity contribution is 0.301. The van der Waals surface area contributed by atoms with Crippen LogP contribution in [0.1, 0.15) is 17.8 Å². The Hall–Kier alpha value is -1.92. The van der Waals surface area contributed by atoms with E-state index < -0.39 is 0 Å². The zero-order valence-corrected chi connectivity index (χ0v) is 6.51. The van der Waals surface area contributed by atoms with Gasteiger partial charge in [0.05, 0.1) is 0 Å². The molecule has 1 heterocycles. The van der Waals surface area contributed by atoms with E-state index in [9.17, 15) is 0 Å². The number of nitrogens with zero attached hydrogens (tertiary/aromatic N) is 4. The van der Waals surface area contributed by atoms with Gasteiger partial charge in [-0.05, 0) is 5.16 Å². The molecule has 1 aliphatic carbocycles. The predicted octanol–water partition coefficient (Wildman–Crippen LogP) is 0.0243. The number of aromatic nitrogens is 2. The fourth-order valence-electron chi connectivity index (χ4n) is 1.24. The summed E-state index contributed by atoms with van der Waals surface area (Å²) >= 11 is 0. The molecule has 0 aliphatic heterocycles. The van der Waals surface area contributed by atoms with E-state index in [0.29, 0.717) is 24.2 Å². The molecule has 0 atom stereocenters. The largest absolute Gasteiger partial charge is 0.411 e. The Morgan fingerprint density at radius 1 is 1.15 bits per heavy atom. The van der Waals surface area contributed by atoms with Crippen molar-refractivity contribution in [3.05, 3.63) is 11.4 Å². The van der Waals surface area contributed by atoms with Gasteiger partial charge in [-0.25, -0.2) is 4.63 Å². The summed E-state index contributed by atoms with van der Waals surface area (Å²) in [5.41, 5.74) is 1.34. The Bertz CT molecular complexity index is 381. The van der Waals surface area contributed by atoms with Gasteiger partial charge >= 0.3 is 0 Å². The lowest BCUT2D eigenvalue weighted by Gasteiger charge is -2.08. The van der Waals surface area contributed by atoms with E-state index in [0.717, 1.165) is 0 Å². The van der Waals surface area contributed by atoms with Crippen LogP contribution in [-0.2, 0) is 6.42 Å². The van der Waals surface area contributed by atoms with Crippen molar-refractivity contribution in [1.29, 1.82) is 0 Å². The van der Waals surface area contributed by atoms with Crippen LogP contribution in [0.3, 0.4) is 0 Å². The van der Waals surface area contributed by atoms with E-state index in [1.54, 1.807) is 0 Å². The molecule has 1 aromatic heterocycles. The van der Waals surface area contributed by atoms with Crippen molar-refractivity contribution >= 4 is 11.4 Å². The Balaban J connectivity index is 2.53. The smallest absolute Gasteiger partial charge is 0.162 e. The molecule has 0 bridgehead atoms. The summed E-state index contributed by atoms with van der Waals surface area (Å²) in [6, 6.07) is 0. The first-order chi connectivity index (χ1) is 6.36. The van der Waals surface area contributed by atoms with E-state index >= 15 is 0 Å². The molecular weight excluding hydrogens is 176 g/mol. The maximum absolute atomic E-state index is 8.64. The van der Waals surface area contributed by atoms with Gasteiger partial charge in [0.25, 0.3) is 0 Å². The Labute approximate surface area is 72.3 Å². The summed E-state index contributed by atoms with van der Waals surface area (Å²) < 4.78 is 4.46. The van der Waals surface area contributed by atoms with Gasteiger partial charge in [0, 0.05) is 12.8 Å². The minimum atomic E-state index is 0.116. The normalized spacial score (nSPS) is 22.2. The number of fused-ring (bicyclic) bond motifs is 1. The van der Waals surface area contributed by atoms with Gasteiger partial charge in [-0.2, -0.15) is 0 Å². The molecule has 2 rings (SSSR count). The van der Waals surface area contributed by atoms with E-state index in [2.05, 4.69) is 25.3 Å². The third kappa shape index (κ3) is 1.05. The molecule has 0 spiro atoms. The van der Waals surface area contributed by atoms with Gasteiger partial charge in [-0.15, -0.1) is 0 Å². The number of rotatable bonds is 0. The highest BCUT2D eigenvalue weighted by atomic mass is 16.6. The minimum Gasteiger partial charge on any atom is -0.411 e. The minimum absolute atomic E-state index is 0.116. The standard InChI is InChI=1S/C6H6N4O3/c11-7-3-1-2-4-6(5(3)8-12)10-13-9-4/h11-12H,1-2H2. The Morgan fingerprint density at radius 3 is 2.69 bits per heavy atom. The monoisotopic (exact) mass is 182 g/mol. The highest BCUT2D eigenvalue weighted by Crippen LogP contribution is 2.16. The summed E-state index contributed by atoms with van der Waals surface area (Å²) in [5.74, 6) is 0. The summed E-state index contributed by atoms with van der Waals surface area (Å²) in [4.78, 5) is 0. The Morgan fingerprint density at radius 2 is 2.00 bits per heavy atom. The van der Waals surface area contributed by atoms with E-state index in [1.807, 2.05) is 0 Å². The van der Waals surface area contributed by atoms with Crippen LogP contribution in [0.4, 0.5) is 0 Å². The lowest BCUT2D eigenvalue weighted by atomic mass is 9.97. The molecule has 0 unspecified atom stereocenters. The molecular formula is C6H6N4O3. The Kier molecular flexibility index (Phi) is 1.69. The molecule has 13 heavy (non-hydrogen) atoms. The van der Waals surface area contributed by atoms with Crippen molar-refractivity contribution in [2.75, 3.05) is 0 Å². The second-order valence-electron chi connectivity index (χ2n) is 2.55. The zero-order valence-electron chi connectivity index (χ0n) is 6.51. The highest BCUT2D eigenvalue weighted by molar-refractivity contribution is 6.48. The maximum Gasteiger partial charge on any atom is 0.162 e. The van der Waals surface area contributed by atoms with Crippen molar-refractivity contribution in [3.8, 4) is 0 Å². The average molecular weight is 182 g/mol. The number of oxime groups is 2. The summed E-state index contributed by atoms with van der Waals surface area (Å²) in [5, 5.41) is 30.3. The van der Waals surface area contributed by atoms with Crippen LogP contribution in [0.5, 0.6) is 0 Å². The second kappa shape index (κ2) is 2.85. The fourth-order valence-corrected chi connectivity index (χ4v) is 1.24. The van der Waals surface area contributed by atoms with Crippen molar-refractivity contribution < 1.29 is 15.0 Å². The van der Waals surface area contributed by atoms with Gasteiger partial charge in [0.1, 0.15) is 11.4 Å². The van der Waals surface area contributed by atoms with E-state index in [-0.39, 0.29) is 11.4 Å². The van der Waals surface area contributed by atoms with Crippen LogP contribution in [-0.4, -0.2) is 32.2 Å². The molecule has 0 fully saturated rings. The van der Waals surface area contributed by atoms with Crippen molar-refractivity contribution in [3.63, 3.8) is 0 Å². The lowest BCUT2D eigenvalue weighted by Crippen LogP contribution is -2.23. The van der Waals surface area contributed by atoms with Gasteiger partial charge in [0.2, 0.25) is 0 Å². The number of hydrogen-bond donors (Lipinski definition) is 2. The molecule has 1 aromatic rings. The van der Waals surface area contributed by atoms with Gasteiger partial charge in [-0.1, -0.05) is 15.5 Å². The molecule has 7 heteroatoms. The molecule has 68 valence electrons. The molecule has 1 aliphatic rings. The topological polar surface area (TPSA) is 104 Å². The van der Waals surface area contributed by atoms with Gasteiger partial charge in [-0.3, -0.25) is 0 Å². The zero-order chi connectivity index (χ0) is 9.26. The quantitative estimate of drug-likeness (QED) is 0.435. The molecule has 0 saturated carbocycles. The summed E-state index contributed by atoms with van der Waals surface area (Å²) in [6.07, 6.45) is 1.02. The second-order valence-corrected chi connectivity index (χ2v) is 2.55. The summed E-state index contributed by atoms with van der Waals surface area (Å²) in [7, 11) is 0. The maximum atomic E-state index is 8.64. The van der Waals surface area contributed by atoms with Gasteiger partial charge in [0.15, 0.2) is 11.4 Å². The van der Waals surface area contributed by atoms with E-state index in [1.165, 1.54) is 0 Å². The predicted molar refractivity (Wildman–Crippen MR) is 40.2 cm³/mol. The van der Waals surface area contributed by atoms with Crippen LogP contribution in [0.2, 0.25) is 0 Å². The summed E-state index contributed by atoms with van der Waals surface area (Å²) in [6.45, 7) is 0. The first-order valence-electron chi connectivity index (χ1n) is 3.62. The third-order valence-corrected chi connectivity index (χ3v) is 1.87. The molecule has 7 nitrogen and oxygen atoms in total. The molecule has 0 radical (unpaired) electrons. The van der Waals surface area contributed by atoms with Crippen LogP contribution in [0, 0.1) is 0 Å². The fraction of sp³-hybridized carbons (Fsp3) is 0.333. The molecule has 0 saturated heterocycles. The third-order valence-electron chi connectivity index (χ3n) is 1.87. The van der Waals surface area contributed by atoms with Crippen LogP contribution < -0.4 is 0 Å². The van der Waals surface area contributed by atoms with Gasteiger partial charge < -0.3 is 10.4 Å². The molecule has 0 aromatic carbocycles. The molecule has 2 N–H and O–H groups in total. The SMILES string of the molecule is ON=C1CCc2nonc2C1=NO. The van der Waals surface area contributed by atoms with Crippen molar-refractivity contribution in [1.82, 2.24) is 10.3 Å². The first-order valence-corrected chi connectivity index (χ1v) is 3.62. The van der Waals surface area contributed by atoms with Crippen LogP contribution in [0.15, 0.2) is 14.9 Å². The van der Waals surface area contributed by atoms with Crippen LogP contribution >= 0.6 is 0 Å².